The summed E-state index contributed by atoms with van der Waals surface area (Å²) < 4.78 is 16.0. The molecule has 0 unspecified atom stereocenters. The largest absolute Gasteiger partial charge is 0.497 e. The number of carbonyl (C=O) groups excluding carboxylic acids is 1. The molecule has 0 aliphatic rings. The second kappa shape index (κ2) is 8.89. The number of rotatable bonds is 7. The number of hydrazone groups is 1. The Morgan fingerprint density at radius 3 is 2.31 bits per heavy atom. The maximum Gasteiger partial charge on any atom is 0.277 e. The van der Waals surface area contributed by atoms with Crippen LogP contribution in [0.25, 0.3) is 0 Å². The lowest BCUT2D eigenvalue weighted by atomic mass is 10.1. The molecule has 0 aromatic heterocycles. The van der Waals surface area contributed by atoms with Crippen LogP contribution in [0, 0.1) is 13.8 Å². The number of amides is 1. The molecular weight excluding hydrogens is 332 g/mol. The van der Waals surface area contributed by atoms with Crippen LogP contribution in [0.1, 0.15) is 23.6 Å². The van der Waals surface area contributed by atoms with Crippen LogP contribution >= 0.6 is 0 Å². The van der Waals surface area contributed by atoms with Crippen molar-refractivity contribution in [2.45, 2.75) is 20.8 Å². The highest BCUT2D eigenvalue weighted by Crippen LogP contribution is 2.25. The second-order valence-corrected chi connectivity index (χ2v) is 5.91. The third-order valence-electron chi connectivity index (χ3n) is 3.71. The summed E-state index contributed by atoms with van der Waals surface area (Å²) >= 11 is 0. The maximum atomic E-state index is 12.0. The minimum absolute atomic E-state index is 0.112. The summed E-state index contributed by atoms with van der Waals surface area (Å²) in [6, 6.07) is 11.2. The van der Waals surface area contributed by atoms with E-state index in [0.717, 1.165) is 16.7 Å². The number of hydrogen-bond acceptors (Lipinski definition) is 5. The topological polar surface area (TPSA) is 69.2 Å². The first kappa shape index (κ1) is 19.3. The summed E-state index contributed by atoms with van der Waals surface area (Å²) in [6.07, 6.45) is 0. The van der Waals surface area contributed by atoms with E-state index < -0.39 is 0 Å². The van der Waals surface area contributed by atoms with E-state index in [1.165, 1.54) is 0 Å². The van der Waals surface area contributed by atoms with E-state index >= 15 is 0 Å². The van der Waals surface area contributed by atoms with Crippen molar-refractivity contribution in [1.82, 2.24) is 5.43 Å². The lowest BCUT2D eigenvalue weighted by Crippen LogP contribution is -2.25. The number of benzene rings is 2. The van der Waals surface area contributed by atoms with E-state index in [4.69, 9.17) is 14.2 Å². The first-order chi connectivity index (χ1) is 12.4. The summed E-state index contributed by atoms with van der Waals surface area (Å²) in [6.45, 7) is 5.64. The SMILES string of the molecule is COc1ccc(/C(C)=N/NC(=O)COc2cc(C)cc(C)c2)c(OC)c1. The molecule has 1 amide bonds. The highest BCUT2D eigenvalue weighted by Gasteiger charge is 2.09. The van der Waals surface area contributed by atoms with E-state index in [2.05, 4.69) is 10.5 Å². The van der Waals surface area contributed by atoms with E-state index in [9.17, 15) is 4.79 Å². The third kappa shape index (κ3) is 5.24. The van der Waals surface area contributed by atoms with Gasteiger partial charge in [-0.3, -0.25) is 4.79 Å². The molecule has 0 saturated heterocycles. The van der Waals surface area contributed by atoms with Gasteiger partial charge in [-0.05, 0) is 56.2 Å². The summed E-state index contributed by atoms with van der Waals surface area (Å²) in [5.74, 6) is 1.63. The number of hydrogen-bond donors (Lipinski definition) is 1. The van der Waals surface area contributed by atoms with Gasteiger partial charge in [0.1, 0.15) is 17.2 Å². The first-order valence-electron chi connectivity index (χ1n) is 8.19. The summed E-state index contributed by atoms with van der Waals surface area (Å²) in [4.78, 5) is 12.0. The Hall–Kier alpha value is -3.02. The second-order valence-electron chi connectivity index (χ2n) is 5.91. The van der Waals surface area contributed by atoms with Crippen molar-refractivity contribution >= 4 is 11.6 Å². The fraction of sp³-hybridized carbons (Fsp3) is 0.300. The van der Waals surface area contributed by atoms with Crippen LogP contribution in [-0.2, 0) is 4.79 Å². The van der Waals surface area contributed by atoms with E-state index in [1.807, 2.05) is 44.2 Å². The van der Waals surface area contributed by atoms with Gasteiger partial charge in [0, 0.05) is 11.6 Å². The van der Waals surface area contributed by atoms with Gasteiger partial charge in [0.15, 0.2) is 6.61 Å². The van der Waals surface area contributed by atoms with Crippen molar-refractivity contribution in [3.8, 4) is 17.2 Å². The van der Waals surface area contributed by atoms with Gasteiger partial charge in [0.25, 0.3) is 5.91 Å². The Balaban J connectivity index is 1.98. The normalized spacial score (nSPS) is 11.0. The minimum Gasteiger partial charge on any atom is -0.497 e. The van der Waals surface area contributed by atoms with Crippen LogP contribution < -0.4 is 19.6 Å². The van der Waals surface area contributed by atoms with Crippen molar-refractivity contribution in [3.05, 3.63) is 53.1 Å². The van der Waals surface area contributed by atoms with Gasteiger partial charge < -0.3 is 14.2 Å². The zero-order chi connectivity index (χ0) is 19.1. The van der Waals surface area contributed by atoms with Crippen LogP contribution in [0.3, 0.4) is 0 Å². The van der Waals surface area contributed by atoms with Crippen LogP contribution in [0.4, 0.5) is 0 Å². The van der Waals surface area contributed by atoms with Crippen LogP contribution in [0.5, 0.6) is 17.2 Å². The predicted octanol–water partition coefficient (Wildman–Crippen LogP) is 3.24. The number of nitrogens with one attached hydrogen (secondary N) is 1. The van der Waals surface area contributed by atoms with Gasteiger partial charge in [-0.1, -0.05) is 6.07 Å². The zero-order valence-electron chi connectivity index (χ0n) is 15.8. The average molecular weight is 356 g/mol. The number of methoxy groups -OCH3 is 2. The Kier molecular flexibility index (Phi) is 6.60. The lowest BCUT2D eigenvalue weighted by Gasteiger charge is -2.10. The zero-order valence-corrected chi connectivity index (χ0v) is 15.8. The molecule has 2 aromatic rings. The fourth-order valence-corrected chi connectivity index (χ4v) is 2.50. The van der Waals surface area contributed by atoms with Crippen molar-refractivity contribution < 1.29 is 19.0 Å². The smallest absolute Gasteiger partial charge is 0.277 e. The Morgan fingerprint density at radius 2 is 1.69 bits per heavy atom. The Morgan fingerprint density at radius 1 is 1.00 bits per heavy atom. The number of ether oxygens (including phenoxy) is 3. The number of carbonyl (C=O) groups is 1. The molecule has 0 fully saturated rings. The molecule has 0 heterocycles. The molecule has 26 heavy (non-hydrogen) atoms. The lowest BCUT2D eigenvalue weighted by molar-refractivity contribution is -0.123. The molecule has 2 rings (SSSR count). The molecular formula is C20H24N2O4. The third-order valence-corrected chi connectivity index (χ3v) is 3.71. The Bertz CT molecular complexity index is 795. The Labute approximate surface area is 153 Å². The molecule has 0 bridgehead atoms. The van der Waals surface area contributed by atoms with Crippen molar-refractivity contribution in [1.29, 1.82) is 0 Å². The number of nitrogens with zero attached hydrogens (tertiary/aromatic N) is 1. The van der Waals surface area contributed by atoms with Crippen molar-refractivity contribution in [3.63, 3.8) is 0 Å². The number of aryl methyl sites for hydroxylation is 2. The molecule has 0 radical (unpaired) electrons. The van der Waals surface area contributed by atoms with Gasteiger partial charge in [-0.15, -0.1) is 0 Å². The quantitative estimate of drug-likeness (QED) is 0.611. The van der Waals surface area contributed by atoms with Gasteiger partial charge in [0.05, 0.1) is 19.9 Å². The average Bonchev–Trinajstić information content (AvgIpc) is 2.63. The van der Waals surface area contributed by atoms with Crippen LogP contribution in [0.2, 0.25) is 0 Å². The minimum atomic E-state index is -0.337. The van der Waals surface area contributed by atoms with Crippen LogP contribution in [0.15, 0.2) is 41.5 Å². The predicted molar refractivity (Wildman–Crippen MR) is 101 cm³/mol. The molecule has 1 N–H and O–H groups in total. The standard InChI is InChI=1S/C20H24N2O4/c1-13-8-14(2)10-17(9-13)26-12-20(23)22-21-15(3)18-7-6-16(24-4)11-19(18)25-5/h6-11H,12H2,1-5H3,(H,22,23)/b21-15+. The molecule has 0 atom stereocenters. The van der Waals surface area contributed by atoms with Crippen molar-refractivity contribution in [2.24, 2.45) is 5.10 Å². The highest BCUT2D eigenvalue weighted by atomic mass is 16.5. The molecule has 0 aliphatic carbocycles. The van der Waals surface area contributed by atoms with Gasteiger partial charge in [-0.2, -0.15) is 5.10 Å². The van der Waals surface area contributed by atoms with E-state index in [0.29, 0.717) is 23.0 Å². The molecule has 138 valence electrons. The van der Waals surface area contributed by atoms with E-state index in [-0.39, 0.29) is 12.5 Å². The fourth-order valence-electron chi connectivity index (χ4n) is 2.50. The maximum absolute atomic E-state index is 12.0. The summed E-state index contributed by atoms with van der Waals surface area (Å²) in [5.41, 5.74) is 6.05. The molecule has 6 nitrogen and oxygen atoms in total. The van der Waals surface area contributed by atoms with E-state index in [1.54, 1.807) is 27.2 Å². The molecule has 2 aromatic carbocycles. The first-order valence-corrected chi connectivity index (χ1v) is 8.19. The van der Waals surface area contributed by atoms with Crippen molar-refractivity contribution in [2.75, 3.05) is 20.8 Å². The molecule has 0 spiro atoms. The molecule has 6 heteroatoms. The molecule has 0 aliphatic heterocycles. The summed E-state index contributed by atoms with van der Waals surface area (Å²) in [7, 11) is 3.16. The monoisotopic (exact) mass is 356 g/mol. The highest BCUT2D eigenvalue weighted by molar-refractivity contribution is 6.01. The molecule has 0 saturated carbocycles. The summed E-state index contributed by atoms with van der Waals surface area (Å²) in [5, 5.41) is 4.12. The van der Waals surface area contributed by atoms with Crippen LogP contribution in [-0.4, -0.2) is 32.4 Å². The van der Waals surface area contributed by atoms with Gasteiger partial charge in [-0.25, -0.2) is 5.43 Å². The van der Waals surface area contributed by atoms with Gasteiger partial charge >= 0.3 is 0 Å². The van der Waals surface area contributed by atoms with Gasteiger partial charge in [0.2, 0.25) is 0 Å².